The van der Waals surface area contributed by atoms with E-state index in [0.29, 0.717) is 0 Å². The average Bonchev–Trinajstić information content (AvgIpc) is 2.17. The van der Waals surface area contributed by atoms with Crippen molar-refractivity contribution < 1.29 is 27.1 Å². The van der Waals surface area contributed by atoms with Gasteiger partial charge in [-0.05, 0) is 6.42 Å². The van der Waals surface area contributed by atoms with E-state index in [1.807, 2.05) is 0 Å². The van der Waals surface area contributed by atoms with Gasteiger partial charge in [0.2, 0.25) is 0 Å². The molecule has 0 N–H and O–H groups in total. The highest BCUT2D eigenvalue weighted by Gasteiger charge is 2.42. The van der Waals surface area contributed by atoms with E-state index in [0.717, 1.165) is 0 Å². The fraction of sp³-hybridized carbons (Fsp3) is 0.900. The molecule has 2 nitrogen and oxygen atoms in total. The summed E-state index contributed by atoms with van der Waals surface area (Å²) in [5, 5.41) is 0. The molecule has 0 heterocycles. The van der Waals surface area contributed by atoms with Crippen LogP contribution in [-0.2, 0) is 9.53 Å². The molecule has 0 radical (unpaired) electrons. The van der Waals surface area contributed by atoms with Gasteiger partial charge in [0.1, 0.15) is 12.7 Å². The van der Waals surface area contributed by atoms with Crippen LogP contribution in [0.5, 0.6) is 0 Å². The summed E-state index contributed by atoms with van der Waals surface area (Å²) >= 11 is 0. The lowest BCUT2D eigenvalue weighted by molar-refractivity contribution is -0.180. The lowest BCUT2D eigenvalue weighted by Gasteiger charge is -2.21. The van der Waals surface area contributed by atoms with Gasteiger partial charge < -0.3 is 4.74 Å². The van der Waals surface area contributed by atoms with Crippen LogP contribution in [0.15, 0.2) is 0 Å². The van der Waals surface area contributed by atoms with Crippen LogP contribution in [-0.4, -0.2) is 30.8 Å². The first-order chi connectivity index (χ1) is 7.22. The van der Waals surface area contributed by atoms with Gasteiger partial charge in [0.05, 0.1) is 0 Å². The Kier molecular flexibility index (Phi) is 5.92. The molecule has 0 saturated carbocycles. The fourth-order valence-corrected chi connectivity index (χ4v) is 1.05. The van der Waals surface area contributed by atoms with Crippen molar-refractivity contribution in [3.05, 3.63) is 0 Å². The average molecular weight is 244 g/mol. The number of carbonyl (C=O) groups is 1. The van der Waals surface area contributed by atoms with Crippen molar-refractivity contribution in [2.45, 2.75) is 45.6 Å². The number of hydrogen-bond acceptors (Lipinski definition) is 2. The first kappa shape index (κ1) is 15.3. The van der Waals surface area contributed by atoms with E-state index in [2.05, 4.69) is 4.74 Å². The van der Waals surface area contributed by atoms with Crippen molar-refractivity contribution in [2.75, 3.05) is 6.61 Å². The summed E-state index contributed by atoms with van der Waals surface area (Å²) < 4.78 is 53.2. The third-order valence-electron chi connectivity index (χ3n) is 2.05. The minimum atomic E-state index is -4.20. The molecule has 0 amide bonds. The van der Waals surface area contributed by atoms with E-state index in [1.165, 1.54) is 0 Å². The Morgan fingerprint density at radius 2 is 1.81 bits per heavy atom. The molecule has 0 rings (SSSR count). The van der Waals surface area contributed by atoms with Crippen molar-refractivity contribution in [3.63, 3.8) is 0 Å². The molecule has 1 atom stereocenters. The lowest BCUT2D eigenvalue weighted by atomic mass is 10.0. The number of rotatable bonds is 7. The van der Waals surface area contributed by atoms with E-state index >= 15 is 0 Å². The molecule has 0 saturated heterocycles. The maximum Gasteiger partial charge on any atom is 0.330 e. The lowest BCUT2D eigenvalue weighted by Crippen LogP contribution is -2.37. The predicted octanol–water partition coefficient (Wildman–Crippen LogP) is 2.91. The molecule has 96 valence electrons. The number of Topliss-reactive ketones (excluding diaryl/α,β-unsaturated/α-hetero) is 1. The Bertz CT molecular complexity index is 229. The monoisotopic (exact) mass is 244 g/mol. The van der Waals surface area contributed by atoms with Crippen molar-refractivity contribution in [2.24, 2.45) is 5.92 Å². The second kappa shape index (κ2) is 6.18. The molecule has 0 spiro atoms. The van der Waals surface area contributed by atoms with E-state index in [4.69, 9.17) is 0 Å². The zero-order valence-electron chi connectivity index (χ0n) is 9.47. The quantitative estimate of drug-likeness (QED) is 0.644. The predicted molar refractivity (Wildman–Crippen MR) is 50.8 cm³/mol. The standard InChI is InChI=1S/C10H16F4O2/c1-4-7(8(15)6(2)3)16-5-10(13,14)9(11)12/h6-7,9H,4-5H2,1-3H3/t7-/m0/s1. The van der Waals surface area contributed by atoms with Gasteiger partial charge in [-0.15, -0.1) is 0 Å². The van der Waals surface area contributed by atoms with E-state index in [-0.39, 0.29) is 18.1 Å². The molecule has 0 aliphatic rings. The first-order valence-corrected chi connectivity index (χ1v) is 5.03. The van der Waals surface area contributed by atoms with E-state index in [9.17, 15) is 22.4 Å². The Hall–Kier alpha value is -0.650. The molecule has 0 bridgehead atoms. The summed E-state index contributed by atoms with van der Waals surface area (Å²) in [6.45, 7) is 3.34. The number of ether oxygens (including phenoxy) is 1. The normalized spacial score (nSPS) is 14.6. The van der Waals surface area contributed by atoms with Gasteiger partial charge in [0.25, 0.3) is 0 Å². The smallest absolute Gasteiger partial charge is 0.330 e. The third kappa shape index (κ3) is 4.47. The number of alkyl halides is 4. The van der Waals surface area contributed by atoms with Crippen LogP contribution in [0.1, 0.15) is 27.2 Å². The Labute approximate surface area is 92.0 Å². The summed E-state index contributed by atoms with van der Waals surface area (Å²) in [5.41, 5.74) is 0. The molecule has 0 aliphatic heterocycles. The number of hydrogen-bond donors (Lipinski definition) is 0. The van der Waals surface area contributed by atoms with E-state index < -0.39 is 25.1 Å². The fourth-order valence-electron chi connectivity index (χ4n) is 1.05. The minimum Gasteiger partial charge on any atom is -0.364 e. The molecule has 6 heteroatoms. The highest BCUT2D eigenvalue weighted by molar-refractivity contribution is 5.84. The van der Waals surface area contributed by atoms with Crippen molar-refractivity contribution in [3.8, 4) is 0 Å². The second-order valence-electron chi connectivity index (χ2n) is 3.83. The topological polar surface area (TPSA) is 26.3 Å². The van der Waals surface area contributed by atoms with Crippen LogP contribution in [0.3, 0.4) is 0 Å². The maximum atomic E-state index is 12.5. The summed E-state index contributed by atoms with van der Waals surface area (Å²) in [5.74, 6) is -4.93. The highest BCUT2D eigenvalue weighted by atomic mass is 19.3. The molecule has 0 fully saturated rings. The van der Waals surface area contributed by atoms with Crippen LogP contribution in [0.4, 0.5) is 17.6 Å². The van der Waals surface area contributed by atoms with Crippen molar-refractivity contribution in [1.29, 1.82) is 0 Å². The molecular formula is C10H16F4O2. The summed E-state index contributed by atoms with van der Waals surface area (Å²) in [7, 11) is 0. The Morgan fingerprint density at radius 1 is 1.31 bits per heavy atom. The second-order valence-corrected chi connectivity index (χ2v) is 3.83. The third-order valence-corrected chi connectivity index (χ3v) is 2.05. The van der Waals surface area contributed by atoms with Gasteiger partial charge in [0.15, 0.2) is 5.78 Å². The Morgan fingerprint density at radius 3 is 2.12 bits per heavy atom. The first-order valence-electron chi connectivity index (χ1n) is 5.03. The molecule has 16 heavy (non-hydrogen) atoms. The van der Waals surface area contributed by atoms with Gasteiger partial charge in [-0.25, -0.2) is 8.78 Å². The van der Waals surface area contributed by atoms with Crippen molar-refractivity contribution >= 4 is 5.78 Å². The SMILES string of the molecule is CC[C@H](OCC(F)(F)C(F)F)C(=O)C(C)C. The highest BCUT2D eigenvalue weighted by Crippen LogP contribution is 2.24. The molecule has 0 unspecified atom stereocenters. The largest absolute Gasteiger partial charge is 0.364 e. The van der Waals surface area contributed by atoms with E-state index in [1.54, 1.807) is 20.8 Å². The van der Waals surface area contributed by atoms with Gasteiger partial charge in [-0.1, -0.05) is 20.8 Å². The van der Waals surface area contributed by atoms with Gasteiger partial charge in [-0.2, -0.15) is 8.78 Å². The van der Waals surface area contributed by atoms with Gasteiger partial charge in [-0.3, -0.25) is 4.79 Å². The minimum absolute atomic E-state index is 0.191. The molecule has 0 aromatic heterocycles. The molecule has 0 aromatic rings. The number of halogens is 4. The van der Waals surface area contributed by atoms with Crippen molar-refractivity contribution in [1.82, 2.24) is 0 Å². The van der Waals surface area contributed by atoms with Crippen LogP contribution in [0.25, 0.3) is 0 Å². The zero-order chi connectivity index (χ0) is 12.9. The number of carbonyl (C=O) groups excluding carboxylic acids is 1. The van der Waals surface area contributed by atoms with Crippen LogP contribution in [0, 0.1) is 5.92 Å². The molecular weight excluding hydrogens is 228 g/mol. The maximum absolute atomic E-state index is 12.5. The molecule has 0 aromatic carbocycles. The van der Waals surface area contributed by atoms with Gasteiger partial charge >= 0.3 is 12.3 Å². The number of ketones is 1. The van der Waals surface area contributed by atoms with Crippen LogP contribution >= 0.6 is 0 Å². The van der Waals surface area contributed by atoms with Gasteiger partial charge in [0, 0.05) is 5.92 Å². The zero-order valence-corrected chi connectivity index (χ0v) is 9.47. The van der Waals surface area contributed by atoms with Crippen LogP contribution in [0.2, 0.25) is 0 Å². The summed E-state index contributed by atoms with van der Waals surface area (Å²) in [4.78, 5) is 11.4. The Balaban J connectivity index is 4.31. The summed E-state index contributed by atoms with van der Waals surface area (Å²) in [6.07, 6.45) is -4.63. The molecule has 0 aliphatic carbocycles. The van der Waals surface area contributed by atoms with Crippen LogP contribution < -0.4 is 0 Å². The summed E-state index contributed by atoms with van der Waals surface area (Å²) in [6, 6.07) is 0.